The standard InChI is InChI=1S/C30H34N2/c1-3-4-14-25(2)29(26-15-8-5-9-16-26)31-21-23-32(24-22-31)30(27-17-10-6-11-18-27)28-19-12-7-13-20-28/h3-20,29-30H,21-24H2,1-2H3/b4-3-,25-14+. The van der Waals surface area contributed by atoms with Crippen molar-refractivity contribution in [2.24, 2.45) is 0 Å². The molecular weight excluding hydrogens is 388 g/mol. The van der Waals surface area contributed by atoms with Crippen molar-refractivity contribution in [3.05, 3.63) is 131 Å². The van der Waals surface area contributed by atoms with Gasteiger partial charge in [0.05, 0.1) is 12.1 Å². The molecule has 2 nitrogen and oxygen atoms in total. The van der Waals surface area contributed by atoms with Gasteiger partial charge >= 0.3 is 0 Å². The average molecular weight is 423 g/mol. The fourth-order valence-electron chi connectivity index (χ4n) is 4.87. The van der Waals surface area contributed by atoms with Crippen LogP contribution in [0.2, 0.25) is 0 Å². The molecule has 0 bridgehead atoms. The third-order valence-corrected chi connectivity index (χ3v) is 6.41. The fourth-order valence-corrected chi connectivity index (χ4v) is 4.87. The molecule has 1 heterocycles. The minimum Gasteiger partial charge on any atom is -0.290 e. The van der Waals surface area contributed by atoms with E-state index in [0.717, 1.165) is 26.2 Å². The molecule has 164 valence electrons. The molecule has 3 aromatic rings. The zero-order valence-electron chi connectivity index (χ0n) is 19.3. The molecule has 1 unspecified atom stereocenters. The molecule has 0 aromatic heterocycles. The molecule has 1 atom stereocenters. The van der Waals surface area contributed by atoms with Gasteiger partial charge in [0.25, 0.3) is 0 Å². The molecule has 1 aliphatic heterocycles. The second-order valence-electron chi connectivity index (χ2n) is 8.55. The number of hydrogen-bond acceptors (Lipinski definition) is 2. The van der Waals surface area contributed by atoms with Crippen molar-refractivity contribution in [3.63, 3.8) is 0 Å². The van der Waals surface area contributed by atoms with Gasteiger partial charge in [0.2, 0.25) is 0 Å². The molecular formula is C30H34N2. The monoisotopic (exact) mass is 422 g/mol. The van der Waals surface area contributed by atoms with Crippen LogP contribution in [0.15, 0.2) is 115 Å². The lowest BCUT2D eigenvalue weighted by Gasteiger charge is -2.43. The van der Waals surface area contributed by atoms with E-state index < -0.39 is 0 Å². The third-order valence-electron chi connectivity index (χ3n) is 6.41. The lowest BCUT2D eigenvalue weighted by molar-refractivity contribution is 0.0887. The smallest absolute Gasteiger partial charge is 0.0602 e. The Bertz CT molecular complexity index is 961. The molecule has 3 aromatic carbocycles. The van der Waals surface area contributed by atoms with Crippen LogP contribution < -0.4 is 0 Å². The molecule has 0 saturated carbocycles. The Labute approximate surface area is 193 Å². The summed E-state index contributed by atoms with van der Waals surface area (Å²) in [5.74, 6) is 0. The van der Waals surface area contributed by atoms with E-state index in [1.165, 1.54) is 22.3 Å². The van der Waals surface area contributed by atoms with Crippen LogP contribution in [0.1, 0.15) is 42.6 Å². The predicted molar refractivity (Wildman–Crippen MR) is 136 cm³/mol. The number of benzene rings is 3. The molecule has 32 heavy (non-hydrogen) atoms. The first-order chi connectivity index (χ1) is 15.8. The highest BCUT2D eigenvalue weighted by Crippen LogP contribution is 2.33. The zero-order valence-corrected chi connectivity index (χ0v) is 19.3. The lowest BCUT2D eigenvalue weighted by Crippen LogP contribution is -2.49. The van der Waals surface area contributed by atoms with Crippen LogP contribution in [0, 0.1) is 0 Å². The first-order valence-corrected chi connectivity index (χ1v) is 11.7. The summed E-state index contributed by atoms with van der Waals surface area (Å²) in [6.45, 7) is 8.55. The van der Waals surface area contributed by atoms with E-state index in [1.807, 2.05) is 0 Å². The largest absolute Gasteiger partial charge is 0.290 e. The minimum absolute atomic E-state index is 0.300. The Balaban J connectivity index is 1.57. The van der Waals surface area contributed by atoms with E-state index in [-0.39, 0.29) is 0 Å². The third kappa shape index (κ3) is 5.27. The molecule has 1 saturated heterocycles. The Morgan fingerprint density at radius 3 is 1.56 bits per heavy atom. The molecule has 1 aliphatic rings. The highest BCUT2D eigenvalue weighted by atomic mass is 15.3. The molecule has 1 fully saturated rings. The molecule has 2 heteroatoms. The number of allylic oxidation sites excluding steroid dienone is 3. The summed E-state index contributed by atoms with van der Waals surface area (Å²) in [5.41, 5.74) is 5.51. The van der Waals surface area contributed by atoms with E-state index in [0.29, 0.717) is 12.1 Å². The normalized spacial score (nSPS) is 17.2. The summed E-state index contributed by atoms with van der Waals surface area (Å²) in [4.78, 5) is 5.29. The van der Waals surface area contributed by atoms with Crippen molar-refractivity contribution in [2.75, 3.05) is 26.2 Å². The highest BCUT2D eigenvalue weighted by molar-refractivity contribution is 5.33. The van der Waals surface area contributed by atoms with Gasteiger partial charge in [-0.15, -0.1) is 0 Å². The second-order valence-corrected chi connectivity index (χ2v) is 8.55. The molecule has 0 spiro atoms. The van der Waals surface area contributed by atoms with Gasteiger partial charge in [0, 0.05) is 26.2 Å². The summed E-state index contributed by atoms with van der Waals surface area (Å²) in [5, 5.41) is 0. The van der Waals surface area contributed by atoms with E-state index in [9.17, 15) is 0 Å². The van der Waals surface area contributed by atoms with E-state index >= 15 is 0 Å². The summed E-state index contributed by atoms with van der Waals surface area (Å²) in [6, 6.07) is 33.5. The fraction of sp³-hybridized carbons (Fsp3) is 0.267. The van der Waals surface area contributed by atoms with E-state index in [4.69, 9.17) is 0 Å². The van der Waals surface area contributed by atoms with Crippen LogP contribution in [0.4, 0.5) is 0 Å². The Kier molecular flexibility index (Phi) is 7.71. The van der Waals surface area contributed by atoms with Gasteiger partial charge in [-0.1, -0.05) is 115 Å². The first kappa shape index (κ1) is 22.3. The van der Waals surface area contributed by atoms with Gasteiger partial charge in [-0.2, -0.15) is 0 Å². The van der Waals surface area contributed by atoms with Gasteiger partial charge in [-0.3, -0.25) is 9.80 Å². The summed E-state index contributed by atoms with van der Waals surface area (Å²) in [7, 11) is 0. The number of rotatable bonds is 7. The van der Waals surface area contributed by atoms with Crippen LogP contribution in [-0.2, 0) is 0 Å². The summed E-state index contributed by atoms with van der Waals surface area (Å²) >= 11 is 0. The van der Waals surface area contributed by atoms with Gasteiger partial charge in [-0.25, -0.2) is 0 Å². The zero-order chi connectivity index (χ0) is 22.2. The highest BCUT2D eigenvalue weighted by Gasteiger charge is 2.30. The Morgan fingerprint density at radius 2 is 1.09 bits per heavy atom. The number of hydrogen-bond donors (Lipinski definition) is 0. The van der Waals surface area contributed by atoms with Gasteiger partial charge < -0.3 is 0 Å². The van der Waals surface area contributed by atoms with Crippen molar-refractivity contribution in [1.29, 1.82) is 0 Å². The van der Waals surface area contributed by atoms with Crippen LogP contribution in [0.5, 0.6) is 0 Å². The van der Waals surface area contributed by atoms with Crippen molar-refractivity contribution in [3.8, 4) is 0 Å². The minimum atomic E-state index is 0.300. The Morgan fingerprint density at radius 1 is 0.656 bits per heavy atom. The number of nitrogens with zero attached hydrogens (tertiary/aromatic N) is 2. The van der Waals surface area contributed by atoms with Crippen LogP contribution in [0.3, 0.4) is 0 Å². The number of piperazine rings is 1. The SMILES string of the molecule is C/C=C\C=C(/C)C(c1ccccc1)N1CCN(C(c2ccccc2)c2ccccc2)CC1. The van der Waals surface area contributed by atoms with Gasteiger partial charge in [0.15, 0.2) is 0 Å². The van der Waals surface area contributed by atoms with E-state index in [1.54, 1.807) is 0 Å². The molecule has 4 rings (SSSR count). The van der Waals surface area contributed by atoms with Crippen LogP contribution in [-0.4, -0.2) is 36.0 Å². The maximum atomic E-state index is 2.65. The predicted octanol–water partition coefficient (Wildman–Crippen LogP) is 6.66. The maximum absolute atomic E-state index is 2.65. The molecule has 0 radical (unpaired) electrons. The second kappa shape index (κ2) is 11.1. The molecule has 0 aliphatic carbocycles. The molecule has 0 N–H and O–H groups in total. The molecule has 0 amide bonds. The summed E-state index contributed by atoms with van der Waals surface area (Å²) in [6.07, 6.45) is 6.52. The van der Waals surface area contributed by atoms with Crippen molar-refractivity contribution < 1.29 is 0 Å². The maximum Gasteiger partial charge on any atom is 0.0602 e. The first-order valence-electron chi connectivity index (χ1n) is 11.7. The van der Waals surface area contributed by atoms with Crippen molar-refractivity contribution >= 4 is 0 Å². The van der Waals surface area contributed by atoms with Crippen LogP contribution >= 0.6 is 0 Å². The topological polar surface area (TPSA) is 6.48 Å². The average Bonchev–Trinajstić information content (AvgIpc) is 2.86. The van der Waals surface area contributed by atoms with Gasteiger partial charge in [0.1, 0.15) is 0 Å². The summed E-state index contributed by atoms with van der Waals surface area (Å²) < 4.78 is 0. The van der Waals surface area contributed by atoms with Crippen LogP contribution in [0.25, 0.3) is 0 Å². The lowest BCUT2D eigenvalue weighted by atomic mass is 9.94. The van der Waals surface area contributed by atoms with E-state index in [2.05, 4.69) is 133 Å². The van der Waals surface area contributed by atoms with Crippen molar-refractivity contribution in [1.82, 2.24) is 9.80 Å². The quantitative estimate of drug-likeness (QED) is 0.393. The van der Waals surface area contributed by atoms with Gasteiger partial charge in [-0.05, 0) is 30.5 Å². The Hall–Kier alpha value is -2.94. The van der Waals surface area contributed by atoms with Crippen molar-refractivity contribution in [2.45, 2.75) is 25.9 Å².